The van der Waals surface area contributed by atoms with Crippen LogP contribution < -0.4 is 0 Å². The molecule has 0 amide bonds. The molecule has 0 radical (unpaired) electrons. The highest BCUT2D eigenvalue weighted by molar-refractivity contribution is 5.66. The number of hydrogen-bond acceptors (Lipinski definition) is 0. The molecule has 0 saturated heterocycles. The first-order chi connectivity index (χ1) is 15.1. The minimum atomic E-state index is -0.774. The summed E-state index contributed by atoms with van der Waals surface area (Å²) in [6, 6.07) is 18.8. The van der Waals surface area contributed by atoms with Gasteiger partial charge in [-0.1, -0.05) is 74.1 Å². The Balaban J connectivity index is 1.71. The van der Waals surface area contributed by atoms with Crippen molar-refractivity contribution in [1.29, 1.82) is 0 Å². The highest BCUT2D eigenvalue weighted by atomic mass is 19.2. The second-order valence-electron chi connectivity index (χ2n) is 7.71. The Labute approximate surface area is 184 Å². The Bertz CT molecular complexity index is 1060. The van der Waals surface area contributed by atoms with Crippen LogP contribution in [0.25, 0.3) is 11.1 Å². The van der Waals surface area contributed by atoms with Gasteiger partial charge in [0.2, 0.25) is 0 Å². The summed E-state index contributed by atoms with van der Waals surface area (Å²) >= 11 is 0. The van der Waals surface area contributed by atoms with Gasteiger partial charge in [-0.2, -0.15) is 0 Å². The van der Waals surface area contributed by atoms with Crippen molar-refractivity contribution in [1.82, 2.24) is 0 Å². The van der Waals surface area contributed by atoms with E-state index in [1.54, 1.807) is 24.3 Å². The molecule has 31 heavy (non-hydrogen) atoms. The summed E-state index contributed by atoms with van der Waals surface area (Å²) < 4.78 is 29.1. The number of benzene rings is 3. The molecule has 0 spiro atoms. The Hall–Kier alpha value is -3.18. The molecule has 3 aromatic rings. The van der Waals surface area contributed by atoms with E-state index < -0.39 is 11.6 Å². The van der Waals surface area contributed by atoms with Gasteiger partial charge >= 0.3 is 0 Å². The first-order valence-electron chi connectivity index (χ1n) is 10.9. The second kappa shape index (κ2) is 11.3. The first-order valence-corrected chi connectivity index (χ1v) is 10.9. The maximum atomic E-state index is 14.6. The molecule has 0 atom stereocenters. The molecule has 0 aliphatic rings. The molecule has 0 N–H and O–H groups in total. The van der Waals surface area contributed by atoms with E-state index in [9.17, 15) is 8.78 Å². The van der Waals surface area contributed by atoms with Crippen LogP contribution in [0.15, 0.2) is 73.3 Å². The zero-order chi connectivity index (χ0) is 22.1. The van der Waals surface area contributed by atoms with Crippen molar-refractivity contribution < 1.29 is 8.78 Å². The average Bonchev–Trinajstić information content (AvgIpc) is 2.80. The van der Waals surface area contributed by atoms with Gasteiger partial charge < -0.3 is 0 Å². The molecule has 3 aromatic carbocycles. The van der Waals surface area contributed by atoms with E-state index in [2.05, 4.69) is 37.5 Å². The molecular formula is C29H28F2. The first kappa shape index (κ1) is 22.5. The smallest absolute Gasteiger partial charge is 0.166 e. The van der Waals surface area contributed by atoms with Gasteiger partial charge in [-0.25, -0.2) is 8.78 Å². The van der Waals surface area contributed by atoms with E-state index >= 15 is 0 Å². The predicted octanol–water partition coefficient (Wildman–Crippen LogP) is 7.88. The number of halogens is 2. The lowest BCUT2D eigenvalue weighted by Crippen LogP contribution is -1.97. The third-order valence-electron chi connectivity index (χ3n) is 5.35. The molecule has 0 aliphatic carbocycles. The molecule has 0 unspecified atom stereocenters. The lowest BCUT2D eigenvalue weighted by Gasteiger charge is -2.09. The Kier molecular flexibility index (Phi) is 8.19. The molecule has 0 aliphatic heterocycles. The Morgan fingerprint density at radius 3 is 2.03 bits per heavy atom. The molecule has 0 heterocycles. The van der Waals surface area contributed by atoms with Crippen molar-refractivity contribution in [2.24, 2.45) is 0 Å². The SMILES string of the molecule is C=CCCc1ccc(C#Cc2ccc(-c3ccc(CCCCC)c(F)c3F)cc2)cc1. The largest absolute Gasteiger partial charge is 0.203 e. The van der Waals surface area contributed by atoms with Crippen LogP contribution in [0.2, 0.25) is 0 Å². The minimum Gasteiger partial charge on any atom is -0.203 e. The Morgan fingerprint density at radius 1 is 0.774 bits per heavy atom. The van der Waals surface area contributed by atoms with Crippen LogP contribution in [0.1, 0.15) is 54.9 Å². The summed E-state index contributed by atoms with van der Waals surface area (Å²) in [5.41, 5.74) is 4.42. The standard InChI is InChI=1S/C29H28F2/c1-3-5-7-9-26-20-21-27(29(31)28(26)30)25-18-16-24(17-19-25)15-14-23-12-10-22(11-13-23)8-6-4-2/h4,10-13,16-21H,2-3,5-9H2,1H3. The van der Waals surface area contributed by atoms with Gasteiger partial charge in [-0.15, -0.1) is 6.58 Å². The minimum absolute atomic E-state index is 0.284. The fourth-order valence-electron chi connectivity index (χ4n) is 3.47. The summed E-state index contributed by atoms with van der Waals surface area (Å²) in [6.45, 7) is 5.84. The number of aryl methyl sites for hydroxylation is 2. The van der Waals surface area contributed by atoms with Gasteiger partial charge in [-0.05, 0) is 66.6 Å². The van der Waals surface area contributed by atoms with Gasteiger partial charge in [0.25, 0.3) is 0 Å². The normalized spacial score (nSPS) is 10.4. The van der Waals surface area contributed by atoms with Crippen molar-refractivity contribution >= 4 is 0 Å². The maximum Gasteiger partial charge on any atom is 0.166 e. The van der Waals surface area contributed by atoms with Crippen LogP contribution in [0.4, 0.5) is 8.78 Å². The third kappa shape index (κ3) is 6.15. The van der Waals surface area contributed by atoms with E-state index in [1.165, 1.54) is 5.56 Å². The number of hydrogen-bond donors (Lipinski definition) is 0. The van der Waals surface area contributed by atoms with E-state index in [-0.39, 0.29) is 5.56 Å². The van der Waals surface area contributed by atoms with Gasteiger partial charge in [0, 0.05) is 16.7 Å². The highest BCUT2D eigenvalue weighted by Gasteiger charge is 2.14. The fourth-order valence-corrected chi connectivity index (χ4v) is 3.47. The zero-order valence-corrected chi connectivity index (χ0v) is 18.1. The molecule has 0 saturated carbocycles. The second-order valence-corrected chi connectivity index (χ2v) is 7.71. The quantitative estimate of drug-likeness (QED) is 0.200. The summed E-state index contributed by atoms with van der Waals surface area (Å²) in [4.78, 5) is 0. The zero-order valence-electron chi connectivity index (χ0n) is 18.1. The van der Waals surface area contributed by atoms with Crippen molar-refractivity contribution in [2.75, 3.05) is 0 Å². The van der Waals surface area contributed by atoms with Gasteiger partial charge in [0.1, 0.15) is 0 Å². The molecule has 0 bridgehead atoms. The van der Waals surface area contributed by atoms with Gasteiger partial charge in [0.05, 0.1) is 0 Å². The van der Waals surface area contributed by atoms with Crippen LogP contribution >= 0.6 is 0 Å². The monoisotopic (exact) mass is 414 g/mol. The summed E-state index contributed by atoms with van der Waals surface area (Å²) in [7, 11) is 0. The van der Waals surface area contributed by atoms with Crippen LogP contribution in [-0.4, -0.2) is 0 Å². The topological polar surface area (TPSA) is 0 Å². The molecule has 0 nitrogen and oxygen atoms in total. The maximum absolute atomic E-state index is 14.6. The lowest BCUT2D eigenvalue weighted by molar-refractivity contribution is 0.498. The predicted molar refractivity (Wildman–Crippen MR) is 126 cm³/mol. The number of unbranched alkanes of at least 4 members (excludes halogenated alkanes) is 2. The molecule has 3 rings (SSSR count). The molecule has 158 valence electrons. The van der Waals surface area contributed by atoms with Crippen molar-refractivity contribution in [2.45, 2.75) is 45.4 Å². The van der Waals surface area contributed by atoms with Gasteiger partial charge in [-0.3, -0.25) is 0 Å². The summed E-state index contributed by atoms with van der Waals surface area (Å²) in [5, 5.41) is 0. The van der Waals surface area contributed by atoms with Crippen LogP contribution in [0.5, 0.6) is 0 Å². The Morgan fingerprint density at radius 2 is 1.42 bits per heavy atom. The van der Waals surface area contributed by atoms with E-state index in [0.717, 1.165) is 43.2 Å². The molecular weight excluding hydrogens is 386 g/mol. The molecule has 0 fully saturated rings. The van der Waals surface area contributed by atoms with Crippen LogP contribution in [0, 0.1) is 23.5 Å². The molecule has 2 heteroatoms. The summed E-state index contributed by atoms with van der Waals surface area (Å²) in [6.07, 6.45) is 7.37. The third-order valence-corrected chi connectivity index (χ3v) is 5.35. The van der Waals surface area contributed by atoms with Crippen molar-refractivity contribution in [3.05, 3.63) is 107 Å². The van der Waals surface area contributed by atoms with E-state index in [1.807, 2.05) is 30.3 Å². The van der Waals surface area contributed by atoms with Crippen molar-refractivity contribution in [3.8, 4) is 23.0 Å². The average molecular weight is 415 g/mol. The lowest BCUT2D eigenvalue weighted by atomic mass is 9.99. The number of rotatable bonds is 8. The van der Waals surface area contributed by atoms with E-state index in [0.29, 0.717) is 17.5 Å². The fraction of sp³-hybridized carbons (Fsp3) is 0.241. The summed E-state index contributed by atoms with van der Waals surface area (Å²) in [5.74, 6) is 4.78. The van der Waals surface area contributed by atoms with Crippen LogP contribution in [-0.2, 0) is 12.8 Å². The van der Waals surface area contributed by atoms with E-state index in [4.69, 9.17) is 0 Å². The van der Waals surface area contributed by atoms with Gasteiger partial charge in [0.15, 0.2) is 11.6 Å². The van der Waals surface area contributed by atoms with Crippen LogP contribution in [0.3, 0.4) is 0 Å². The number of allylic oxidation sites excluding steroid dienone is 1. The molecule has 0 aromatic heterocycles. The van der Waals surface area contributed by atoms with Crippen molar-refractivity contribution in [3.63, 3.8) is 0 Å². The highest BCUT2D eigenvalue weighted by Crippen LogP contribution is 2.27.